The molecular formula is C17H19NO2S. The molecule has 3 nitrogen and oxygen atoms in total. The zero-order valence-corrected chi connectivity index (χ0v) is 13.3. The molecule has 2 aromatic carbocycles. The molecule has 0 aliphatic carbocycles. The molecule has 110 valence electrons. The van der Waals surface area contributed by atoms with Gasteiger partial charge in [-0.3, -0.25) is 4.79 Å². The maximum Gasteiger partial charge on any atom is 0.283 e. The first-order valence-corrected chi connectivity index (χ1v) is 7.59. The second-order valence-corrected chi connectivity index (χ2v) is 5.82. The number of carbonyl (C=O) groups excluding carboxylic acids is 1. The van der Waals surface area contributed by atoms with Crippen molar-refractivity contribution in [2.24, 2.45) is 0 Å². The van der Waals surface area contributed by atoms with Crippen LogP contribution >= 0.6 is 11.8 Å². The van der Waals surface area contributed by atoms with Gasteiger partial charge in [0.2, 0.25) is 0 Å². The number of hydrogen-bond acceptors (Lipinski definition) is 3. The quantitative estimate of drug-likeness (QED) is 0.855. The molecule has 1 amide bonds. The van der Waals surface area contributed by atoms with Crippen LogP contribution in [-0.2, 0) is 6.61 Å². The standard InChI is InChI=1S/C17H19NO2S/c1-12-8-9-15(13(2)10-12)20-11-14-6-4-5-7-16(14)21-17(19)18-3/h4-10H,11H2,1-3H3,(H,18,19). The highest BCUT2D eigenvalue weighted by Gasteiger charge is 2.08. The molecule has 0 saturated heterocycles. The van der Waals surface area contributed by atoms with Crippen molar-refractivity contribution in [3.05, 3.63) is 59.2 Å². The molecule has 0 heterocycles. The van der Waals surface area contributed by atoms with Gasteiger partial charge in [-0.05, 0) is 43.3 Å². The molecule has 2 aromatic rings. The Bertz CT molecular complexity index is 640. The summed E-state index contributed by atoms with van der Waals surface area (Å²) in [7, 11) is 1.63. The summed E-state index contributed by atoms with van der Waals surface area (Å²) < 4.78 is 5.89. The molecule has 21 heavy (non-hydrogen) atoms. The van der Waals surface area contributed by atoms with E-state index >= 15 is 0 Å². The number of benzene rings is 2. The minimum atomic E-state index is -0.0750. The van der Waals surface area contributed by atoms with Crippen LogP contribution in [0.1, 0.15) is 16.7 Å². The fraction of sp³-hybridized carbons (Fsp3) is 0.235. The van der Waals surface area contributed by atoms with Gasteiger partial charge >= 0.3 is 0 Å². The van der Waals surface area contributed by atoms with E-state index in [-0.39, 0.29) is 5.24 Å². The van der Waals surface area contributed by atoms with Gasteiger partial charge < -0.3 is 10.1 Å². The fourth-order valence-corrected chi connectivity index (χ4v) is 2.70. The van der Waals surface area contributed by atoms with Crippen LogP contribution in [-0.4, -0.2) is 12.3 Å². The molecule has 0 atom stereocenters. The van der Waals surface area contributed by atoms with Gasteiger partial charge in [0, 0.05) is 17.5 Å². The van der Waals surface area contributed by atoms with E-state index in [0.29, 0.717) is 6.61 Å². The van der Waals surface area contributed by atoms with Crippen molar-refractivity contribution in [3.8, 4) is 5.75 Å². The Morgan fingerprint density at radius 1 is 1.19 bits per heavy atom. The maximum absolute atomic E-state index is 11.5. The molecule has 4 heteroatoms. The monoisotopic (exact) mass is 301 g/mol. The lowest BCUT2D eigenvalue weighted by Gasteiger charge is -2.12. The number of nitrogens with one attached hydrogen (secondary N) is 1. The Hall–Kier alpha value is -1.94. The smallest absolute Gasteiger partial charge is 0.283 e. The lowest BCUT2D eigenvalue weighted by molar-refractivity contribution is 0.262. The van der Waals surface area contributed by atoms with Gasteiger partial charge in [0.1, 0.15) is 12.4 Å². The first-order valence-electron chi connectivity index (χ1n) is 6.77. The molecule has 0 saturated carbocycles. The summed E-state index contributed by atoms with van der Waals surface area (Å²) in [6.45, 7) is 4.55. The Morgan fingerprint density at radius 2 is 1.95 bits per heavy atom. The normalized spacial score (nSPS) is 10.2. The zero-order valence-electron chi connectivity index (χ0n) is 12.5. The predicted octanol–water partition coefficient (Wildman–Crippen LogP) is 4.31. The Balaban J connectivity index is 2.11. The number of ether oxygens (including phenoxy) is 1. The van der Waals surface area contributed by atoms with Crippen LogP contribution in [0.4, 0.5) is 4.79 Å². The van der Waals surface area contributed by atoms with Crippen molar-refractivity contribution >= 4 is 17.0 Å². The summed E-state index contributed by atoms with van der Waals surface area (Å²) in [5, 5.41) is 2.54. The van der Waals surface area contributed by atoms with Crippen molar-refractivity contribution in [1.82, 2.24) is 5.32 Å². The lowest BCUT2D eigenvalue weighted by atomic mass is 10.1. The molecule has 0 aliphatic heterocycles. The number of rotatable bonds is 4. The minimum absolute atomic E-state index is 0.0750. The number of amides is 1. The lowest BCUT2D eigenvalue weighted by Crippen LogP contribution is -2.11. The van der Waals surface area contributed by atoms with Crippen LogP contribution in [0.2, 0.25) is 0 Å². The van der Waals surface area contributed by atoms with Crippen molar-refractivity contribution in [2.75, 3.05) is 7.05 Å². The largest absolute Gasteiger partial charge is 0.489 e. The molecule has 0 unspecified atom stereocenters. The molecule has 1 N–H and O–H groups in total. The van der Waals surface area contributed by atoms with Crippen molar-refractivity contribution in [1.29, 1.82) is 0 Å². The zero-order chi connectivity index (χ0) is 15.2. The molecule has 2 rings (SSSR count). The van der Waals surface area contributed by atoms with Gasteiger partial charge in [0.15, 0.2) is 0 Å². The van der Waals surface area contributed by atoms with Gasteiger partial charge in [-0.2, -0.15) is 0 Å². The maximum atomic E-state index is 11.5. The summed E-state index contributed by atoms with van der Waals surface area (Å²) in [5.74, 6) is 0.875. The first kappa shape index (κ1) is 15.4. The summed E-state index contributed by atoms with van der Waals surface area (Å²) in [6.07, 6.45) is 0. The third-order valence-corrected chi connectivity index (χ3v) is 4.10. The van der Waals surface area contributed by atoms with E-state index in [2.05, 4.69) is 18.3 Å². The van der Waals surface area contributed by atoms with Crippen LogP contribution in [0.15, 0.2) is 47.4 Å². The van der Waals surface area contributed by atoms with Gasteiger partial charge in [0.25, 0.3) is 5.24 Å². The summed E-state index contributed by atoms with van der Waals surface area (Å²) >= 11 is 1.18. The van der Waals surface area contributed by atoms with E-state index in [9.17, 15) is 4.79 Å². The van der Waals surface area contributed by atoms with Crippen molar-refractivity contribution in [3.63, 3.8) is 0 Å². The number of hydrogen-bond donors (Lipinski definition) is 1. The highest BCUT2D eigenvalue weighted by molar-refractivity contribution is 8.13. The van der Waals surface area contributed by atoms with E-state index in [1.54, 1.807) is 7.05 Å². The number of carbonyl (C=O) groups is 1. The van der Waals surface area contributed by atoms with Gasteiger partial charge in [-0.15, -0.1) is 0 Å². The van der Waals surface area contributed by atoms with Crippen LogP contribution in [0.5, 0.6) is 5.75 Å². The van der Waals surface area contributed by atoms with Gasteiger partial charge in [0.05, 0.1) is 0 Å². The third kappa shape index (κ3) is 4.26. The van der Waals surface area contributed by atoms with E-state index in [0.717, 1.165) is 21.8 Å². The molecule has 0 aliphatic rings. The summed E-state index contributed by atoms with van der Waals surface area (Å²) in [6, 6.07) is 13.9. The topological polar surface area (TPSA) is 38.3 Å². The summed E-state index contributed by atoms with van der Waals surface area (Å²) in [5.41, 5.74) is 3.34. The average molecular weight is 301 g/mol. The van der Waals surface area contributed by atoms with Crippen LogP contribution in [0, 0.1) is 13.8 Å². The van der Waals surface area contributed by atoms with E-state index in [1.165, 1.54) is 17.3 Å². The van der Waals surface area contributed by atoms with Gasteiger partial charge in [-0.25, -0.2) is 0 Å². The number of aryl methyl sites for hydroxylation is 2. The highest BCUT2D eigenvalue weighted by atomic mass is 32.2. The fourth-order valence-electron chi connectivity index (χ4n) is 1.99. The van der Waals surface area contributed by atoms with Crippen molar-refractivity contribution < 1.29 is 9.53 Å². The Kier molecular flexibility index (Phi) is 5.28. The van der Waals surface area contributed by atoms with Crippen LogP contribution < -0.4 is 10.1 Å². The molecule has 0 radical (unpaired) electrons. The Labute approximate surface area is 129 Å². The molecule has 0 spiro atoms. The van der Waals surface area contributed by atoms with E-state index in [1.807, 2.05) is 43.3 Å². The molecule has 0 aromatic heterocycles. The van der Waals surface area contributed by atoms with Crippen LogP contribution in [0.25, 0.3) is 0 Å². The number of thioether (sulfide) groups is 1. The summed E-state index contributed by atoms with van der Waals surface area (Å²) in [4.78, 5) is 12.4. The molecule has 0 fully saturated rings. The third-order valence-electron chi connectivity index (χ3n) is 3.09. The van der Waals surface area contributed by atoms with E-state index in [4.69, 9.17) is 4.74 Å². The highest BCUT2D eigenvalue weighted by Crippen LogP contribution is 2.25. The predicted molar refractivity (Wildman–Crippen MR) is 87.0 cm³/mol. The minimum Gasteiger partial charge on any atom is -0.489 e. The Morgan fingerprint density at radius 3 is 2.67 bits per heavy atom. The molecular weight excluding hydrogens is 282 g/mol. The average Bonchev–Trinajstić information content (AvgIpc) is 2.47. The second-order valence-electron chi connectivity index (χ2n) is 4.80. The second kappa shape index (κ2) is 7.18. The van der Waals surface area contributed by atoms with Crippen LogP contribution in [0.3, 0.4) is 0 Å². The first-order chi connectivity index (χ1) is 10.1. The van der Waals surface area contributed by atoms with Crippen molar-refractivity contribution in [2.45, 2.75) is 25.3 Å². The SMILES string of the molecule is CNC(=O)Sc1ccccc1COc1ccc(C)cc1C. The van der Waals surface area contributed by atoms with Gasteiger partial charge in [-0.1, -0.05) is 35.9 Å². The molecule has 0 bridgehead atoms. The van der Waals surface area contributed by atoms with E-state index < -0.39 is 0 Å².